The molecule has 0 N–H and O–H groups in total. The minimum atomic E-state index is -0.407. The zero-order valence-electron chi connectivity index (χ0n) is 20.2. The summed E-state index contributed by atoms with van der Waals surface area (Å²) in [5.41, 5.74) is 1.51. The number of aromatic nitrogens is 2. The molecule has 36 heavy (non-hydrogen) atoms. The van der Waals surface area contributed by atoms with Crippen molar-refractivity contribution < 1.29 is 9.47 Å². The minimum absolute atomic E-state index is 0.241. The van der Waals surface area contributed by atoms with Gasteiger partial charge < -0.3 is 9.47 Å². The summed E-state index contributed by atoms with van der Waals surface area (Å²) in [4.78, 5) is 18.1. The van der Waals surface area contributed by atoms with Crippen LogP contribution < -0.4 is 15.0 Å². The van der Waals surface area contributed by atoms with Gasteiger partial charge in [0.2, 0.25) is 0 Å². The summed E-state index contributed by atoms with van der Waals surface area (Å²) in [5, 5.41) is 6.09. The molecule has 3 aromatic carbocycles. The molecular weight excluding hydrogens is 565 g/mol. The molecular formula is C27H24BrCl2N3O3. The Hall–Kier alpha value is -2.87. The number of ether oxygens (including phenoxy) is 2. The molecule has 0 aliphatic heterocycles. The van der Waals surface area contributed by atoms with E-state index < -0.39 is 5.41 Å². The lowest BCUT2D eigenvalue weighted by Crippen LogP contribution is -2.29. The topological polar surface area (TPSA) is 65.7 Å². The van der Waals surface area contributed by atoms with Gasteiger partial charge in [-0.05, 0) is 54.1 Å². The zero-order valence-corrected chi connectivity index (χ0v) is 23.3. The van der Waals surface area contributed by atoms with E-state index in [2.05, 4.69) is 21.0 Å². The van der Waals surface area contributed by atoms with Crippen LogP contribution in [-0.4, -0.2) is 23.0 Å². The molecule has 0 amide bonds. The van der Waals surface area contributed by atoms with Gasteiger partial charge in [0, 0.05) is 25.5 Å². The van der Waals surface area contributed by atoms with E-state index in [9.17, 15) is 4.79 Å². The molecule has 4 aromatic rings. The summed E-state index contributed by atoms with van der Waals surface area (Å²) >= 11 is 15.6. The molecule has 4 rings (SSSR count). The Morgan fingerprint density at radius 2 is 1.83 bits per heavy atom. The summed E-state index contributed by atoms with van der Waals surface area (Å²) < 4.78 is 13.6. The normalized spacial score (nSPS) is 11.9. The Morgan fingerprint density at radius 3 is 2.53 bits per heavy atom. The van der Waals surface area contributed by atoms with Crippen molar-refractivity contribution in [1.29, 1.82) is 0 Å². The molecule has 9 heteroatoms. The van der Waals surface area contributed by atoms with Crippen molar-refractivity contribution in [2.75, 3.05) is 7.11 Å². The van der Waals surface area contributed by atoms with Crippen LogP contribution >= 0.6 is 39.1 Å². The molecule has 0 saturated heterocycles. The number of methoxy groups -OCH3 is 1. The molecule has 0 fully saturated rings. The van der Waals surface area contributed by atoms with E-state index in [1.54, 1.807) is 43.7 Å². The minimum Gasteiger partial charge on any atom is -0.493 e. The maximum absolute atomic E-state index is 13.3. The highest BCUT2D eigenvalue weighted by atomic mass is 79.9. The number of benzene rings is 3. The van der Waals surface area contributed by atoms with E-state index in [-0.39, 0.29) is 12.2 Å². The van der Waals surface area contributed by atoms with E-state index in [1.165, 1.54) is 4.68 Å². The Labute approximate surface area is 227 Å². The predicted octanol–water partition coefficient (Wildman–Crippen LogP) is 7.23. The molecule has 0 spiro atoms. The Bertz CT molecular complexity index is 1530. The molecule has 6 nitrogen and oxygen atoms in total. The third-order valence-corrected chi connectivity index (χ3v) is 6.47. The van der Waals surface area contributed by atoms with Crippen molar-refractivity contribution in [1.82, 2.24) is 9.66 Å². The third kappa shape index (κ3) is 5.75. The largest absolute Gasteiger partial charge is 0.493 e. The van der Waals surface area contributed by atoms with Crippen molar-refractivity contribution in [3.8, 4) is 11.5 Å². The first-order chi connectivity index (χ1) is 17.1. The highest BCUT2D eigenvalue weighted by Gasteiger charge is 2.23. The van der Waals surface area contributed by atoms with Gasteiger partial charge in [0.25, 0.3) is 5.56 Å². The van der Waals surface area contributed by atoms with Crippen molar-refractivity contribution in [2.24, 2.45) is 5.10 Å². The van der Waals surface area contributed by atoms with E-state index >= 15 is 0 Å². The van der Waals surface area contributed by atoms with Crippen LogP contribution in [-0.2, 0) is 12.0 Å². The maximum Gasteiger partial charge on any atom is 0.282 e. The number of hydrogen-bond donors (Lipinski definition) is 0. The first kappa shape index (κ1) is 26.2. The summed E-state index contributed by atoms with van der Waals surface area (Å²) in [5.74, 6) is 1.63. The van der Waals surface area contributed by atoms with Gasteiger partial charge in [-0.1, -0.05) is 66.0 Å². The fraction of sp³-hybridized carbons (Fsp3) is 0.222. The molecule has 0 bridgehead atoms. The first-order valence-corrected chi connectivity index (χ1v) is 12.6. The zero-order chi connectivity index (χ0) is 26.0. The van der Waals surface area contributed by atoms with Crippen LogP contribution in [0.2, 0.25) is 10.0 Å². The van der Waals surface area contributed by atoms with Gasteiger partial charge in [-0.3, -0.25) is 4.79 Å². The van der Waals surface area contributed by atoms with Crippen LogP contribution in [0.5, 0.6) is 11.5 Å². The fourth-order valence-corrected chi connectivity index (χ4v) is 4.37. The van der Waals surface area contributed by atoms with Gasteiger partial charge >= 0.3 is 0 Å². The smallest absolute Gasteiger partial charge is 0.282 e. The number of halogens is 3. The lowest BCUT2D eigenvalue weighted by Gasteiger charge is -2.20. The fourth-order valence-electron chi connectivity index (χ4n) is 3.54. The Kier molecular flexibility index (Phi) is 7.73. The number of nitrogens with zero attached hydrogens (tertiary/aromatic N) is 3. The second-order valence-electron chi connectivity index (χ2n) is 9.14. The van der Waals surface area contributed by atoms with E-state index in [4.69, 9.17) is 37.7 Å². The number of hydrogen-bond acceptors (Lipinski definition) is 5. The van der Waals surface area contributed by atoms with Crippen LogP contribution in [0, 0.1) is 0 Å². The Morgan fingerprint density at radius 1 is 1.06 bits per heavy atom. The highest BCUT2D eigenvalue weighted by molar-refractivity contribution is 9.10. The van der Waals surface area contributed by atoms with Crippen LogP contribution in [0.25, 0.3) is 10.9 Å². The standard InChI is InChI=1S/C27H24BrCl2N3O3/c1-27(2,3)26-32-22-9-7-18(28)12-20(22)25(34)33(26)31-14-16-5-10-23(24(11-16)35-4)36-15-17-6-8-19(29)13-21(17)30/h5-14H,15H2,1-4H3. The van der Waals surface area contributed by atoms with Gasteiger partial charge in [-0.25, -0.2) is 4.98 Å². The molecule has 0 saturated carbocycles. The lowest BCUT2D eigenvalue weighted by atomic mass is 9.95. The first-order valence-electron chi connectivity index (χ1n) is 11.1. The highest BCUT2D eigenvalue weighted by Crippen LogP contribution is 2.30. The summed E-state index contributed by atoms with van der Waals surface area (Å²) in [7, 11) is 1.56. The van der Waals surface area contributed by atoms with Gasteiger partial charge in [0.05, 0.1) is 24.2 Å². The van der Waals surface area contributed by atoms with E-state index in [0.29, 0.717) is 38.3 Å². The molecule has 0 aliphatic rings. The van der Waals surface area contributed by atoms with Crippen molar-refractivity contribution in [3.05, 3.63) is 96.4 Å². The van der Waals surface area contributed by atoms with Gasteiger partial charge in [0.15, 0.2) is 11.5 Å². The van der Waals surface area contributed by atoms with Gasteiger partial charge in [0.1, 0.15) is 12.4 Å². The third-order valence-electron chi connectivity index (χ3n) is 5.39. The molecule has 1 heterocycles. The van der Waals surface area contributed by atoms with Crippen LogP contribution in [0.1, 0.15) is 37.7 Å². The Balaban J connectivity index is 1.66. The second-order valence-corrected chi connectivity index (χ2v) is 10.9. The second kappa shape index (κ2) is 10.6. The molecule has 1 aromatic heterocycles. The van der Waals surface area contributed by atoms with Crippen LogP contribution in [0.15, 0.2) is 69.0 Å². The van der Waals surface area contributed by atoms with Crippen LogP contribution in [0.3, 0.4) is 0 Å². The summed E-state index contributed by atoms with van der Waals surface area (Å²) in [6.07, 6.45) is 1.60. The SMILES string of the molecule is COc1cc(C=Nn2c(C(C)(C)C)nc3ccc(Br)cc3c2=O)ccc1OCc1ccc(Cl)cc1Cl. The average Bonchev–Trinajstić information content (AvgIpc) is 2.82. The molecule has 0 unspecified atom stereocenters. The number of fused-ring (bicyclic) bond motifs is 1. The average molecular weight is 589 g/mol. The summed E-state index contributed by atoms with van der Waals surface area (Å²) in [6.45, 7) is 6.23. The molecule has 0 radical (unpaired) electrons. The monoisotopic (exact) mass is 587 g/mol. The predicted molar refractivity (Wildman–Crippen MR) is 149 cm³/mol. The van der Waals surface area contributed by atoms with Crippen molar-refractivity contribution >= 4 is 56.2 Å². The van der Waals surface area contributed by atoms with E-state index in [1.807, 2.05) is 45.0 Å². The number of rotatable bonds is 6. The van der Waals surface area contributed by atoms with Crippen molar-refractivity contribution in [2.45, 2.75) is 32.8 Å². The van der Waals surface area contributed by atoms with Gasteiger partial charge in [-0.15, -0.1) is 0 Å². The quantitative estimate of drug-likeness (QED) is 0.223. The molecule has 0 aliphatic carbocycles. The lowest BCUT2D eigenvalue weighted by molar-refractivity contribution is 0.284. The molecule has 0 atom stereocenters. The molecule has 186 valence electrons. The van der Waals surface area contributed by atoms with Gasteiger partial charge in [-0.2, -0.15) is 9.78 Å². The van der Waals surface area contributed by atoms with Crippen molar-refractivity contribution in [3.63, 3.8) is 0 Å². The van der Waals surface area contributed by atoms with Crippen LogP contribution in [0.4, 0.5) is 0 Å². The summed E-state index contributed by atoms with van der Waals surface area (Å²) in [6, 6.07) is 16.1. The maximum atomic E-state index is 13.3. The van der Waals surface area contributed by atoms with E-state index in [0.717, 1.165) is 15.6 Å².